The van der Waals surface area contributed by atoms with Crippen molar-refractivity contribution in [3.8, 4) is 11.4 Å². The van der Waals surface area contributed by atoms with Crippen LogP contribution < -0.4 is 11.5 Å². The van der Waals surface area contributed by atoms with E-state index in [4.69, 9.17) is 25.9 Å². The lowest BCUT2D eigenvalue weighted by atomic mass is 10.0. The standard InChI is InChI=1S/C26H28N6O3.C21H26N6O3S/c1-26(2,3)35-25(34)31-13-11-18(12-14-31)32-22-19(21(30-32)23(27)33)10-9-17-15-28-24(29-20(17)22)16-7-5-4-6-8-16;1-21(2,3)30-20(29)26-9-7-13(8-10-26)27-17-14(16(25-27)18(22)28)6-5-12-11-23-19(31-4)24-15(12)17/h4-10,15,18H,11-14H2,1-3H3,(H2,27,33);5-6,11,13H,7-10H2,1-4H3,(H2,22,28). The quantitative estimate of drug-likeness (QED) is 0.120. The zero-order valence-electron chi connectivity index (χ0n) is 38.1. The molecule has 19 heteroatoms. The van der Waals surface area contributed by atoms with Gasteiger partial charge in [0, 0.05) is 65.7 Å². The molecular weight excluding hydrogens is 861 g/mol. The lowest BCUT2D eigenvalue weighted by Gasteiger charge is -2.33. The summed E-state index contributed by atoms with van der Waals surface area (Å²) < 4.78 is 14.7. The Morgan fingerprint density at radius 1 is 0.621 bits per heavy atom. The number of piperidine rings is 2. The number of likely N-dealkylation sites (tertiary alicyclic amines) is 2. The highest BCUT2D eigenvalue weighted by molar-refractivity contribution is 7.98. The number of aromatic nitrogens is 8. The monoisotopic (exact) mass is 914 g/mol. The SMILES string of the molecule is CC(C)(C)OC(=O)N1CCC(n2nc(C(N)=O)c3ccc4cnc(-c5ccccc5)nc4c32)CC1.CSc1ncc2ccc3c(C(N)=O)nn(C4CCN(C(=O)OC(C)(C)C)CC4)c3c2n1. The normalized spacial score (nSPS) is 15.3. The summed E-state index contributed by atoms with van der Waals surface area (Å²) in [6.07, 6.45) is 7.57. The van der Waals surface area contributed by atoms with E-state index in [0.29, 0.717) is 79.1 Å². The molecule has 2 aliphatic rings. The number of nitrogens with zero attached hydrogens (tertiary/aromatic N) is 10. The summed E-state index contributed by atoms with van der Waals surface area (Å²) in [5.74, 6) is -0.566. The van der Waals surface area contributed by atoms with Crippen LogP contribution in [0.25, 0.3) is 55.0 Å². The van der Waals surface area contributed by atoms with Crippen LogP contribution in [0.1, 0.15) is 100 Å². The molecular formula is C47H54N12O6S. The van der Waals surface area contributed by atoms with Gasteiger partial charge >= 0.3 is 12.2 Å². The van der Waals surface area contributed by atoms with E-state index in [1.165, 1.54) is 11.8 Å². The fourth-order valence-corrected chi connectivity index (χ4v) is 8.71. The number of ether oxygens (including phenoxy) is 2. The highest BCUT2D eigenvalue weighted by atomic mass is 32.2. The lowest BCUT2D eigenvalue weighted by Crippen LogP contribution is -2.42. The summed E-state index contributed by atoms with van der Waals surface area (Å²) >= 11 is 1.45. The number of rotatable bonds is 6. The Bertz CT molecular complexity index is 2980. The number of nitrogens with two attached hydrogens (primary N) is 2. The maximum Gasteiger partial charge on any atom is 0.410 e. The van der Waals surface area contributed by atoms with Crippen molar-refractivity contribution in [3.05, 3.63) is 78.4 Å². The van der Waals surface area contributed by atoms with Gasteiger partial charge in [-0.25, -0.2) is 29.5 Å². The van der Waals surface area contributed by atoms with Gasteiger partial charge in [-0.1, -0.05) is 54.2 Å². The Labute approximate surface area is 385 Å². The lowest BCUT2D eigenvalue weighted by molar-refractivity contribution is 0.0175. The van der Waals surface area contributed by atoms with Gasteiger partial charge in [-0.05, 0) is 85.6 Å². The summed E-state index contributed by atoms with van der Waals surface area (Å²) in [7, 11) is 0. The third-order valence-electron chi connectivity index (χ3n) is 11.4. The minimum atomic E-state index is -0.586. The van der Waals surface area contributed by atoms with Gasteiger partial charge in [-0.15, -0.1) is 0 Å². The number of carbonyl (C=O) groups excluding carboxylic acids is 4. The second-order valence-corrected chi connectivity index (χ2v) is 19.2. The Hall–Kier alpha value is -6.89. The Morgan fingerprint density at radius 3 is 1.48 bits per heavy atom. The molecule has 6 heterocycles. The first-order valence-electron chi connectivity index (χ1n) is 21.9. The zero-order valence-corrected chi connectivity index (χ0v) is 39.0. The third-order valence-corrected chi connectivity index (χ3v) is 12.0. The van der Waals surface area contributed by atoms with Crippen LogP contribution in [0.15, 0.2) is 72.1 Å². The molecule has 2 fully saturated rings. The van der Waals surface area contributed by atoms with Gasteiger partial charge in [0.15, 0.2) is 22.4 Å². The van der Waals surface area contributed by atoms with Crippen LogP contribution in [0.5, 0.6) is 0 Å². The molecule has 0 bridgehead atoms. The van der Waals surface area contributed by atoms with Crippen LogP contribution in [-0.4, -0.2) is 117 Å². The summed E-state index contributed by atoms with van der Waals surface area (Å²) in [5.41, 5.74) is 14.6. The Balaban J connectivity index is 0.000000181. The van der Waals surface area contributed by atoms with E-state index in [1.807, 2.05) is 112 Å². The maximum absolute atomic E-state index is 12.5. The summed E-state index contributed by atoms with van der Waals surface area (Å²) in [6.45, 7) is 13.3. The predicted octanol–water partition coefficient (Wildman–Crippen LogP) is 7.69. The van der Waals surface area contributed by atoms with Crippen molar-refractivity contribution in [1.29, 1.82) is 0 Å². The van der Waals surface area contributed by atoms with E-state index < -0.39 is 23.0 Å². The highest BCUT2D eigenvalue weighted by Gasteiger charge is 2.32. The van der Waals surface area contributed by atoms with E-state index in [2.05, 4.69) is 25.1 Å². The largest absolute Gasteiger partial charge is 0.444 e. The fourth-order valence-electron chi connectivity index (χ4n) is 8.37. The molecule has 4 amide bonds. The van der Waals surface area contributed by atoms with E-state index in [0.717, 1.165) is 32.9 Å². The molecule has 3 aromatic carbocycles. The number of fused-ring (bicyclic) bond motifs is 6. The summed E-state index contributed by atoms with van der Waals surface area (Å²) in [6, 6.07) is 17.2. The van der Waals surface area contributed by atoms with E-state index in [-0.39, 0.29) is 35.7 Å². The Kier molecular flexibility index (Phi) is 12.6. The third kappa shape index (κ3) is 9.56. The first-order chi connectivity index (χ1) is 31.4. The molecule has 9 rings (SSSR count). The maximum atomic E-state index is 12.5. The summed E-state index contributed by atoms with van der Waals surface area (Å²) in [4.78, 5) is 71.1. The highest BCUT2D eigenvalue weighted by Crippen LogP contribution is 2.35. The number of benzene rings is 3. The second kappa shape index (κ2) is 18.2. The van der Waals surface area contributed by atoms with E-state index >= 15 is 0 Å². The Morgan fingerprint density at radius 2 is 1.06 bits per heavy atom. The van der Waals surface area contributed by atoms with Crippen molar-refractivity contribution in [3.63, 3.8) is 0 Å². The molecule has 4 aromatic heterocycles. The zero-order chi connectivity index (χ0) is 47.1. The molecule has 0 radical (unpaired) electrons. The molecule has 0 atom stereocenters. The van der Waals surface area contributed by atoms with Gasteiger partial charge < -0.3 is 30.7 Å². The van der Waals surface area contributed by atoms with Crippen molar-refractivity contribution < 1.29 is 28.7 Å². The molecule has 0 spiro atoms. The topological polar surface area (TPSA) is 232 Å². The van der Waals surface area contributed by atoms with Gasteiger partial charge in [0.05, 0.1) is 23.1 Å². The van der Waals surface area contributed by atoms with Crippen molar-refractivity contribution in [2.45, 2.75) is 95.7 Å². The fraction of sp³-hybridized carbons (Fsp3) is 0.404. The minimum absolute atomic E-state index is 0.00702. The van der Waals surface area contributed by atoms with Crippen LogP contribution >= 0.6 is 11.8 Å². The number of hydrogen-bond donors (Lipinski definition) is 2. The van der Waals surface area contributed by atoms with Gasteiger partial charge in [0.1, 0.15) is 22.2 Å². The predicted molar refractivity (Wildman–Crippen MR) is 252 cm³/mol. The van der Waals surface area contributed by atoms with Crippen molar-refractivity contribution in [2.24, 2.45) is 11.5 Å². The number of amides is 4. The van der Waals surface area contributed by atoms with Crippen molar-refractivity contribution >= 4 is 79.4 Å². The molecule has 18 nitrogen and oxygen atoms in total. The van der Waals surface area contributed by atoms with Gasteiger partial charge in [0.2, 0.25) is 0 Å². The molecule has 0 unspecified atom stereocenters. The molecule has 344 valence electrons. The second-order valence-electron chi connectivity index (χ2n) is 18.4. The van der Waals surface area contributed by atoms with Crippen LogP contribution in [0, 0.1) is 0 Å². The van der Waals surface area contributed by atoms with Crippen LogP contribution in [0.4, 0.5) is 9.59 Å². The van der Waals surface area contributed by atoms with Crippen molar-refractivity contribution in [2.75, 3.05) is 32.4 Å². The summed E-state index contributed by atoms with van der Waals surface area (Å²) in [5, 5.41) is 12.9. The molecule has 7 aromatic rings. The molecule has 2 saturated heterocycles. The number of carbonyl (C=O) groups is 4. The van der Waals surface area contributed by atoms with Crippen LogP contribution in [0.3, 0.4) is 0 Å². The number of hydrogen-bond acceptors (Lipinski definition) is 13. The number of thioether (sulfide) groups is 1. The van der Waals surface area contributed by atoms with Crippen molar-refractivity contribution in [1.82, 2.24) is 49.3 Å². The average molecular weight is 915 g/mol. The molecule has 2 aliphatic heterocycles. The van der Waals surface area contributed by atoms with Crippen LogP contribution in [-0.2, 0) is 9.47 Å². The first kappa shape index (κ1) is 45.7. The van der Waals surface area contributed by atoms with Gasteiger partial charge in [-0.3, -0.25) is 19.0 Å². The van der Waals surface area contributed by atoms with E-state index in [1.54, 1.807) is 22.2 Å². The number of primary amides is 2. The first-order valence-corrected chi connectivity index (χ1v) is 23.1. The molecule has 0 saturated carbocycles. The van der Waals surface area contributed by atoms with Crippen LogP contribution in [0.2, 0.25) is 0 Å². The van der Waals surface area contributed by atoms with Gasteiger partial charge in [-0.2, -0.15) is 10.2 Å². The minimum Gasteiger partial charge on any atom is -0.444 e. The van der Waals surface area contributed by atoms with E-state index in [9.17, 15) is 19.2 Å². The molecule has 0 aliphatic carbocycles. The molecule has 66 heavy (non-hydrogen) atoms. The average Bonchev–Trinajstić information content (AvgIpc) is 3.89. The van der Waals surface area contributed by atoms with Gasteiger partial charge in [0.25, 0.3) is 11.8 Å². The molecule has 4 N–H and O–H groups in total. The smallest absolute Gasteiger partial charge is 0.410 e.